The quantitative estimate of drug-likeness (QED) is 0.901. The lowest BCUT2D eigenvalue weighted by atomic mass is 9.97. The van der Waals surface area contributed by atoms with E-state index < -0.39 is 5.82 Å². The van der Waals surface area contributed by atoms with Gasteiger partial charge in [0.05, 0.1) is 6.20 Å². The lowest BCUT2D eigenvalue weighted by Crippen LogP contribution is -2.36. The second kappa shape index (κ2) is 7.62. The number of aromatic nitrogens is 2. The molecule has 8 heteroatoms. The predicted octanol–water partition coefficient (Wildman–Crippen LogP) is 2.28. The van der Waals surface area contributed by atoms with Crippen molar-refractivity contribution in [1.82, 2.24) is 14.9 Å². The summed E-state index contributed by atoms with van der Waals surface area (Å²) in [7, 11) is 5.94. The van der Waals surface area contributed by atoms with Crippen molar-refractivity contribution in [1.29, 1.82) is 0 Å². The van der Waals surface area contributed by atoms with Gasteiger partial charge < -0.3 is 15.1 Å². The normalized spacial score (nSPS) is 24.0. The van der Waals surface area contributed by atoms with Crippen molar-refractivity contribution in [3.63, 3.8) is 0 Å². The second-order valence-corrected chi connectivity index (χ2v) is 6.05. The molecule has 2 fully saturated rings. The summed E-state index contributed by atoms with van der Waals surface area (Å²) in [6.45, 7) is 1.89. The fourth-order valence-electron chi connectivity index (χ4n) is 3.19. The fraction of sp³-hybridized carbons (Fsp3) is 0.714. The van der Waals surface area contributed by atoms with Crippen molar-refractivity contribution in [2.75, 3.05) is 44.4 Å². The van der Waals surface area contributed by atoms with Crippen LogP contribution < -0.4 is 10.2 Å². The highest BCUT2D eigenvalue weighted by Gasteiger charge is 2.44. The van der Waals surface area contributed by atoms with Gasteiger partial charge in [-0.2, -0.15) is 4.98 Å². The number of nitrogens with zero attached hydrogens (tertiary/aromatic N) is 4. The van der Waals surface area contributed by atoms with Gasteiger partial charge in [0.15, 0.2) is 11.6 Å². The molecule has 1 N–H and O–H groups in total. The van der Waals surface area contributed by atoms with Crippen LogP contribution in [0.1, 0.15) is 12.8 Å². The van der Waals surface area contributed by atoms with E-state index in [0.29, 0.717) is 17.9 Å². The summed E-state index contributed by atoms with van der Waals surface area (Å²) < 4.78 is 13.5. The van der Waals surface area contributed by atoms with Crippen molar-refractivity contribution in [2.24, 2.45) is 11.8 Å². The van der Waals surface area contributed by atoms with E-state index in [0.717, 1.165) is 19.0 Å². The molecule has 0 bridgehead atoms. The SMILES string of the molecule is CNc1nc(N2C[C@H](C3CC3)[C@@H](N(C)C)C2)ncc1F.Cl.Cl. The summed E-state index contributed by atoms with van der Waals surface area (Å²) in [4.78, 5) is 12.9. The van der Waals surface area contributed by atoms with Gasteiger partial charge in [-0.25, -0.2) is 9.37 Å². The van der Waals surface area contributed by atoms with Gasteiger partial charge in [0.25, 0.3) is 0 Å². The first-order valence-corrected chi connectivity index (χ1v) is 7.22. The summed E-state index contributed by atoms with van der Waals surface area (Å²) >= 11 is 0. The number of rotatable bonds is 4. The van der Waals surface area contributed by atoms with Gasteiger partial charge in [0.2, 0.25) is 5.95 Å². The Morgan fingerprint density at radius 2 is 1.95 bits per heavy atom. The van der Waals surface area contributed by atoms with Crippen LogP contribution in [0.2, 0.25) is 0 Å². The van der Waals surface area contributed by atoms with Crippen LogP contribution in [0.5, 0.6) is 0 Å². The molecule has 0 aromatic carbocycles. The van der Waals surface area contributed by atoms with Crippen LogP contribution in [-0.4, -0.2) is 55.1 Å². The van der Waals surface area contributed by atoms with E-state index in [-0.39, 0.29) is 30.6 Å². The highest BCUT2D eigenvalue weighted by atomic mass is 35.5. The smallest absolute Gasteiger partial charge is 0.227 e. The minimum atomic E-state index is -0.404. The summed E-state index contributed by atoms with van der Waals surface area (Å²) in [5.41, 5.74) is 0. The van der Waals surface area contributed by atoms with Gasteiger partial charge in [-0.1, -0.05) is 0 Å². The molecule has 0 radical (unpaired) electrons. The van der Waals surface area contributed by atoms with E-state index in [4.69, 9.17) is 0 Å². The molecule has 3 rings (SSSR count). The Bertz CT molecular complexity index is 488. The largest absolute Gasteiger partial charge is 0.371 e. The van der Waals surface area contributed by atoms with Gasteiger partial charge >= 0.3 is 0 Å². The monoisotopic (exact) mass is 351 g/mol. The van der Waals surface area contributed by atoms with Crippen LogP contribution in [0.3, 0.4) is 0 Å². The zero-order valence-electron chi connectivity index (χ0n) is 13.1. The third kappa shape index (κ3) is 3.73. The molecule has 1 saturated heterocycles. The maximum Gasteiger partial charge on any atom is 0.227 e. The molecule has 5 nitrogen and oxygen atoms in total. The third-order valence-electron chi connectivity index (χ3n) is 4.47. The van der Waals surface area contributed by atoms with Gasteiger partial charge in [-0.3, -0.25) is 0 Å². The van der Waals surface area contributed by atoms with E-state index in [2.05, 4.69) is 39.2 Å². The van der Waals surface area contributed by atoms with Crippen LogP contribution in [0.15, 0.2) is 6.20 Å². The molecule has 0 unspecified atom stereocenters. The zero-order valence-corrected chi connectivity index (χ0v) is 14.8. The maximum atomic E-state index is 13.5. The average Bonchev–Trinajstić information content (AvgIpc) is 3.18. The third-order valence-corrected chi connectivity index (χ3v) is 4.47. The standard InChI is InChI=1S/C14H22FN5.2ClH/c1-16-13-11(15)6-17-14(18-13)20-7-10(9-4-5-9)12(8-20)19(2)3;;/h6,9-10,12H,4-5,7-8H2,1-3H3,(H,16,17,18);2*1H/t10-,12+;;/m1../s1. The highest BCUT2D eigenvalue weighted by Crippen LogP contribution is 2.43. The number of anilines is 2. The van der Waals surface area contributed by atoms with Gasteiger partial charge in [0.1, 0.15) is 0 Å². The van der Waals surface area contributed by atoms with Gasteiger partial charge in [-0.15, -0.1) is 24.8 Å². The molecule has 2 atom stereocenters. The molecular formula is C14H24Cl2FN5. The fourth-order valence-corrected chi connectivity index (χ4v) is 3.19. The molecule has 2 heterocycles. The minimum Gasteiger partial charge on any atom is -0.371 e. The Morgan fingerprint density at radius 3 is 2.50 bits per heavy atom. The van der Waals surface area contributed by atoms with Crippen molar-refractivity contribution in [3.05, 3.63) is 12.0 Å². The van der Waals surface area contributed by atoms with E-state index in [1.165, 1.54) is 19.0 Å². The van der Waals surface area contributed by atoms with Crippen molar-refractivity contribution < 1.29 is 4.39 Å². The Kier molecular flexibility index (Phi) is 6.65. The Balaban J connectivity index is 0.00000121. The lowest BCUT2D eigenvalue weighted by molar-refractivity contribution is 0.238. The maximum absolute atomic E-state index is 13.5. The number of likely N-dealkylation sites (N-methyl/N-ethyl adjacent to an activating group) is 1. The van der Waals surface area contributed by atoms with E-state index in [9.17, 15) is 4.39 Å². The summed E-state index contributed by atoms with van der Waals surface area (Å²) in [6, 6.07) is 0.536. The second-order valence-electron chi connectivity index (χ2n) is 6.05. The summed E-state index contributed by atoms with van der Waals surface area (Å²) in [5.74, 6) is 2.02. The van der Waals surface area contributed by atoms with Gasteiger partial charge in [-0.05, 0) is 38.8 Å². The molecule has 1 saturated carbocycles. The summed E-state index contributed by atoms with van der Waals surface area (Å²) in [6.07, 6.45) is 3.94. The van der Waals surface area contributed by atoms with E-state index >= 15 is 0 Å². The molecule has 1 aliphatic heterocycles. The zero-order chi connectivity index (χ0) is 14.3. The topological polar surface area (TPSA) is 44.3 Å². The first-order valence-electron chi connectivity index (χ1n) is 7.22. The molecule has 126 valence electrons. The van der Waals surface area contributed by atoms with Crippen molar-refractivity contribution >= 4 is 36.6 Å². The molecule has 1 aromatic rings. The predicted molar refractivity (Wildman–Crippen MR) is 91.9 cm³/mol. The molecule has 22 heavy (non-hydrogen) atoms. The molecule has 0 amide bonds. The van der Waals surface area contributed by atoms with Crippen LogP contribution in [0.4, 0.5) is 16.2 Å². The molecule has 0 spiro atoms. The van der Waals surface area contributed by atoms with Crippen LogP contribution >= 0.6 is 24.8 Å². The number of halogens is 3. The first-order chi connectivity index (χ1) is 9.60. The Hall–Kier alpha value is -0.850. The van der Waals surface area contributed by atoms with Crippen molar-refractivity contribution in [2.45, 2.75) is 18.9 Å². The van der Waals surface area contributed by atoms with Crippen LogP contribution in [0.25, 0.3) is 0 Å². The Labute approximate surface area is 143 Å². The van der Waals surface area contributed by atoms with E-state index in [1.54, 1.807) is 7.05 Å². The van der Waals surface area contributed by atoms with Gasteiger partial charge in [0, 0.05) is 26.2 Å². The number of hydrogen-bond acceptors (Lipinski definition) is 5. The number of hydrogen-bond donors (Lipinski definition) is 1. The van der Waals surface area contributed by atoms with Crippen molar-refractivity contribution in [3.8, 4) is 0 Å². The van der Waals surface area contributed by atoms with Crippen LogP contribution in [-0.2, 0) is 0 Å². The minimum absolute atomic E-state index is 0. The first kappa shape index (κ1) is 19.2. The lowest BCUT2D eigenvalue weighted by Gasteiger charge is -2.24. The van der Waals surface area contributed by atoms with Crippen LogP contribution in [0, 0.1) is 17.7 Å². The molecular weight excluding hydrogens is 328 g/mol. The van der Waals surface area contributed by atoms with E-state index in [1.807, 2.05) is 0 Å². The molecule has 2 aliphatic rings. The Morgan fingerprint density at radius 1 is 1.27 bits per heavy atom. The molecule has 1 aromatic heterocycles. The number of nitrogens with one attached hydrogen (secondary N) is 1. The highest BCUT2D eigenvalue weighted by molar-refractivity contribution is 5.85. The average molecular weight is 352 g/mol. The summed E-state index contributed by atoms with van der Waals surface area (Å²) in [5, 5.41) is 2.78. The molecule has 1 aliphatic carbocycles.